The first-order valence-electron chi connectivity index (χ1n) is 8.03. The normalized spacial score (nSPS) is 13.8. The van der Waals surface area contributed by atoms with Crippen molar-refractivity contribution >= 4 is 29.1 Å². The topological polar surface area (TPSA) is 78.5 Å². The maximum absolute atomic E-state index is 11.8. The molecule has 23 heavy (non-hydrogen) atoms. The Morgan fingerprint density at radius 3 is 2.57 bits per heavy atom. The zero-order valence-electron chi connectivity index (χ0n) is 13.2. The lowest BCUT2D eigenvalue weighted by Crippen LogP contribution is -2.33. The molecule has 1 aliphatic rings. The lowest BCUT2D eigenvalue weighted by Gasteiger charge is -2.15. The lowest BCUT2D eigenvalue weighted by atomic mass is 10.2. The molecule has 1 aromatic rings. The van der Waals surface area contributed by atoms with Crippen LogP contribution in [0.5, 0.6) is 0 Å². The number of carbonyl (C=O) groups excluding carboxylic acids is 3. The number of likely N-dealkylation sites (tertiary alicyclic amines) is 1. The molecule has 6 nitrogen and oxygen atoms in total. The van der Waals surface area contributed by atoms with Crippen molar-refractivity contribution in [1.82, 2.24) is 15.5 Å². The van der Waals surface area contributed by atoms with E-state index in [1.165, 1.54) is 11.3 Å². The molecule has 0 unspecified atom stereocenters. The molecule has 7 heteroatoms. The molecule has 0 bridgehead atoms. The maximum Gasteiger partial charge on any atom is 0.261 e. The molecule has 0 radical (unpaired) electrons. The number of amides is 3. The minimum atomic E-state index is -0.100. The fourth-order valence-electron chi connectivity index (χ4n) is 2.47. The van der Waals surface area contributed by atoms with Gasteiger partial charge < -0.3 is 15.5 Å². The lowest BCUT2D eigenvalue weighted by molar-refractivity contribution is -0.130. The average Bonchev–Trinajstić information content (AvgIpc) is 3.24. The van der Waals surface area contributed by atoms with Crippen LogP contribution in [0.2, 0.25) is 0 Å². The molecular formula is C16H23N3O3S. The number of thiophene rings is 1. The molecule has 1 aliphatic heterocycles. The van der Waals surface area contributed by atoms with E-state index in [2.05, 4.69) is 10.6 Å². The average molecular weight is 337 g/mol. The number of hydrogen-bond donors (Lipinski definition) is 2. The van der Waals surface area contributed by atoms with E-state index in [0.717, 1.165) is 25.9 Å². The van der Waals surface area contributed by atoms with Gasteiger partial charge in [0.15, 0.2) is 0 Å². The van der Waals surface area contributed by atoms with Crippen molar-refractivity contribution in [3.05, 3.63) is 22.4 Å². The quantitative estimate of drug-likeness (QED) is 0.704. The summed E-state index contributed by atoms with van der Waals surface area (Å²) in [7, 11) is 0. The van der Waals surface area contributed by atoms with Gasteiger partial charge in [-0.25, -0.2) is 0 Å². The van der Waals surface area contributed by atoms with Crippen LogP contribution in [0.3, 0.4) is 0 Å². The molecule has 1 fully saturated rings. The zero-order chi connectivity index (χ0) is 16.5. The van der Waals surface area contributed by atoms with E-state index in [1.54, 1.807) is 6.07 Å². The summed E-state index contributed by atoms with van der Waals surface area (Å²) in [5, 5.41) is 7.39. The Kier molecular flexibility index (Phi) is 7.06. The molecule has 1 saturated heterocycles. The summed E-state index contributed by atoms with van der Waals surface area (Å²) in [6.45, 7) is 2.54. The Bertz CT molecular complexity index is 525. The molecule has 2 heterocycles. The fourth-order valence-corrected chi connectivity index (χ4v) is 3.11. The molecular weight excluding hydrogens is 314 g/mol. The minimum absolute atomic E-state index is 0.0791. The minimum Gasteiger partial charge on any atom is -0.356 e. The van der Waals surface area contributed by atoms with Gasteiger partial charge in [0.05, 0.1) is 4.88 Å². The van der Waals surface area contributed by atoms with E-state index in [4.69, 9.17) is 0 Å². The van der Waals surface area contributed by atoms with Gasteiger partial charge in [0.25, 0.3) is 5.91 Å². The van der Waals surface area contributed by atoms with E-state index in [1.807, 2.05) is 16.3 Å². The highest BCUT2D eigenvalue weighted by atomic mass is 32.1. The number of nitrogens with one attached hydrogen (secondary N) is 2. The summed E-state index contributed by atoms with van der Waals surface area (Å²) in [6, 6.07) is 3.60. The summed E-state index contributed by atoms with van der Waals surface area (Å²) in [5.74, 6) is -0.0628. The van der Waals surface area contributed by atoms with E-state index in [9.17, 15) is 14.4 Å². The molecule has 2 N–H and O–H groups in total. The standard InChI is InChI=1S/C16H23N3O3S/c20-14(17-9-7-15(21)19-10-1-2-11-19)6-3-8-18-16(22)13-5-4-12-23-13/h4-5,12H,1-3,6-11H2,(H,17,20)(H,18,22). The van der Waals surface area contributed by atoms with Gasteiger partial charge in [0, 0.05) is 39.0 Å². The van der Waals surface area contributed by atoms with Crippen molar-refractivity contribution in [2.45, 2.75) is 32.1 Å². The van der Waals surface area contributed by atoms with Gasteiger partial charge in [-0.3, -0.25) is 14.4 Å². The third-order valence-corrected chi connectivity index (χ3v) is 4.60. The van der Waals surface area contributed by atoms with Crippen LogP contribution in [0, 0.1) is 0 Å². The van der Waals surface area contributed by atoms with Crippen molar-refractivity contribution in [3.63, 3.8) is 0 Å². The number of hydrogen-bond acceptors (Lipinski definition) is 4. The van der Waals surface area contributed by atoms with Gasteiger partial charge in [-0.2, -0.15) is 0 Å². The second-order valence-electron chi connectivity index (χ2n) is 5.52. The maximum atomic E-state index is 11.8. The fraction of sp³-hybridized carbons (Fsp3) is 0.562. The highest BCUT2D eigenvalue weighted by molar-refractivity contribution is 7.12. The Morgan fingerprint density at radius 1 is 1.09 bits per heavy atom. The molecule has 0 saturated carbocycles. The summed E-state index contributed by atoms with van der Waals surface area (Å²) < 4.78 is 0. The van der Waals surface area contributed by atoms with Gasteiger partial charge in [-0.1, -0.05) is 6.07 Å². The highest BCUT2D eigenvalue weighted by Crippen LogP contribution is 2.08. The van der Waals surface area contributed by atoms with Crippen molar-refractivity contribution < 1.29 is 14.4 Å². The first-order chi connectivity index (χ1) is 11.2. The van der Waals surface area contributed by atoms with Crippen LogP contribution in [0.15, 0.2) is 17.5 Å². The third kappa shape index (κ3) is 6.02. The van der Waals surface area contributed by atoms with E-state index >= 15 is 0 Å². The van der Waals surface area contributed by atoms with Gasteiger partial charge in [0.2, 0.25) is 11.8 Å². The van der Waals surface area contributed by atoms with Crippen LogP contribution in [-0.2, 0) is 9.59 Å². The SMILES string of the molecule is O=C(CCCNC(=O)c1cccs1)NCCC(=O)N1CCCC1. The van der Waals surface area contributed by atoms with Crippen LogP contribution in [0.25, 0.3) is 0 Å². The first-order valence-corrected chi connectivity index (χ1v) is 8.91. The van der Waals surface area contributed by atoms with Crippen LogP contribution in [0.1, 0.15) is 41.8 Å². The highest BCUT2D eigenvalue weighted by Gasteiger charge is 2.17. The first kappa shape index (κ1) is 17.5. The van der Waals surface area contributed by atoms with Gasteiger partial charge in [0.1, 0.15) is 0 Å². The molecule has 126 valence electrons. The number of nitrogens with zero attached hydrogens (tertiary/aromatic N) is 1. The summed E-state index contributed by atoms with van der Waals surface area (Å²) in [4.78, 5) is 37.7. The Morgan fingerprint density at radius 2 is 1.87 bits per heavy atom. The number of carbonyl (C=O) groups is 3. The van der Waals surface area contributed by atoms with Crippen LogP contribution in [0.4, 0.5) is 0 Å². The van der Waals surface area contributed by atoms with E-state index < -0.39 is 0 Å². The molecule has 3 amide bonds. The summed E-state index contributed by atoms with van der Waals surface area (Å²) >= 11 is 1.39. The summed E-state index contributed by atoms with van der Waals surface area (Å²) in [5.41, 5.74) is 0. The monoisotopic (exact) mass is 337 g/mol. The molecule has 2 rings (SSSR count). The molecule has 0 aromatic carbocycles. The van der Waals surface area contributed by atoms with Crippen LogP contribution >= 0.6 is 11.3 Å². The van der Waals surface area contributed by atoms with Gasteiger partial charge in [-0.15, -0.1) is 11.3 Å². The molecule has 0 spiro atoms. The Hall–Kier alpha value is -1.89. The predicted molar refractivity (Wildman–Crippen MR) is 89.3 cm³/mol. The van der Waals surface area contributed by atoms with Crippen LogP contribution < -0.4 is 10.6 Å². The second-order valence-corrected chi connectivity index (χ2v) is 6.47. The van der Waals surface area contributed by atoms with Crippen molar-refractivity contribution in [2.24, 2.45) is 0 Å². The van der Waals surface area contributed by atoms with Crippen molar-refractivity contribution in [2.75, 3.05) is 26.2 Å². The van der Waals surface area contributed by atoms with E-state index in [0.29, 0.717) is 37.2 Å². The smallest absolute Gasteiger partial charge is 0.261 e. The third-order valence-electron chi connectivity index (χ3n) is 3.73. The van der Waals surface area contributed by atoms with Gasteiger partial charge in [-0.05, 0) is 30.7 Å². The van der Waals surface area contributed by atoms with Crippen LogP contribution in [-0.4, -0.2) is 48.8 Å². The van der Waals surface area contributed by atoms with Crippen molar-refractivity contribution in [1.29, 1.82) is 0 Å². The molecule has 0 aliphatic carbocycles. The van der Waals surface area contributed by atoms with Crippen molar-refractivity contribution in [3.8, 4) is 0 Å². The largest absolute Gasteiger partial charge is 0.356 e. The van der Waals surface area contributed by atoms with E-state index in [-0.39, 0.29) is 17.7 Å². The second kappa shape index (κ2) is 9.29. The van der Waals surface area contributed by atoms with Gasteiger partial charge >= 0.3 is 0 Å². The Labute approximate surface area is 140 Å². The summed E-state index contributed by atoms with van der Waals surface area (Å²) in [6.07, 6.45) is 3.46. The predicted octanol–water partition coefficient (Wildman–Crippen LogP) is 1.39. The molecule has 0 atom stereocenters. The molecule has 1 aromatic heterocycles. The zero-order valence-corrected chi connectivity index (χ0v) is 14.0. The Balaban J connectivity index is 1.50. The number of rotatable bonds is 8.